The number of pyridine rings is 1. The zero-order valence-electron chi connectivity index (χ0n) is 13.7. The van der Waals surface area contributed by atoms with Crippen LogP contribution in [0, 0.1) is 12.8 Å². The van der Waals surface area contributed by atoms with Gasteiger partial charge in [0.25, 0.3) is 5.56 Å². The maximum Gasteiger partial charge on any atom is 0.317 e. The summed E-state index contributed by atoms with van der Waals surface area (Å²) in [6, 6.07) is 5.33. The molecule has 2 amide bonds. The maximum atomic E-state index is 11.9. The first-order valence-electron chi connectivity index (χ1n) is 8.23. The van der Waals surface area contributed by atoms with Crippen LogP contribution in [0.15, 0.2) is 23.0 Å². The number of rotatable bonds is 7. The summed E-state index contributed by atoms with van der Waals surface area (Å²) in [7, 11) is 1.86. The molecule has 0 bridgehead atoms. The summed E-state index contributed by atoms with van der Waals surface area (Å²) in [5.41, 5.74) is 1.03. The number of hydrogen-bond donors (Lipinski definition) is 1. The third-order valence-corrected chi connectivity index (χ3v) is 4.46. The lowest BCUT2D eigenvalue weighted by Crippen LogP contribution is -2.41. The predicted octanol–water partition coefficient (Wildman–Crippen LogP) is 2.38. The zero-order valence-corrected chi connectivity index (χ0v) is 13.7. The second-order valence-electron chi connectivity index (χ2n) is 6.27. The normalized spacial score (nSPS) is 14.5. The summed E-state index contributed by atoms with van der Waals surface area (Å²) >= 11 is 0. The SMILES string of the molecule is Cc1cccc(=O)n1CCCCNC(=O)N(C)CC1CCC1. The molecule has 22 heavy (non-hydrogen) atoms. The summed E-state index contributed by atoms with van der Waals surface area (Å²) in [5.74, 6) is 0.698. The van der Waals surface area contributed by atoms with Gasteiger partial charge in [-0.1, -0.05) is 12.5 Å². The molecule has 1 aliphatic carbocycles. The lowest BCUT2D eigenvalue weighted by molar-refractivity contribution is 0.182. The maximum absolute atomic E-state index is 11.9. The fourth-order valence-corrected chi connectivity index (χ4v) is 2.78. The van der Waals surface area contributed by atoms with Crippen LogP contribution in [0.25, 0.3) is 0 Å². The van der Waals surface area contributed by atoms with Gasteiger partial charge in [-0.15, -0.1) is 0 Å². The molecule has 1 aliphatic rings. The number of aromatic nitrogens is 1. The van der Waals surface area contributed by atoms with Gasteiger partial charge in [-0.25, -0.2) is 4.79 Å². The number of urea groups is 1. The Kier molecular flexibility index (Phi) is 6.04. The Morgan fingerprint density at radius 3 is 2.77 bits per heavy atom. The molecule has 0 aliphatic heterocycles. The van der Waals surface area contributed by atoms with Crippen molar-refractivity contribution in [3.8, 4) is 0 Å². The number of unbranched alkanes of at least 4 members (excludes halogenated alkanes) is 1. The molecule has 5 nitrogen and oxygen atoms in total. The Morgan fingerprint density at radius 1 is 1.36 bits per heavy atom. The van der Waals surface area contributed by atoms with Gasteiger partial charge in [0.1, 0.15) is 0 Å². The van der Waals surface area contributed by atoms with E-state index >= 15 is 0 Å². The lowest BCUT2D eigenvalue weighted by Gasteiger charge is -2.30. The Bertz CT molecular complexity index is 549. The number of carbonyl (C=O) groups is 1. The number of hydrogen-bond acceptors (Lipinski definition) is 2. The average molecular weight is 305 g/mol. The third kappa shape index (κ3) is 4.61. The van der Waals surface area contributed by atoms with Crippen LogP contribution in [0.5, 0.6) is 0 Å². The Morgan fingerprint density at radius 2 is 2.14 bits per heavy atom. The van der Waals surface area contributed by atoms with Gasteiger partial charge in [0.15, 0.2) is 0 Å². The molecule has 0 aromatic carbocycles. The number of aryl methyl sites for hydroxylation is 1. The molecule has 2 rings (SSSR count). The molecule has 1 fully saturated rings. The molecule has 1 heterocycles. The molecule has 5 heteroatoms. The monoisotopic (exact) mass is 305 g/mol. The minimum absolute atomic E-state index is 0.0139. The number of nitrogens with zero attached hydrogens (tertiary/aromatic N) is 2. The molecule has 0 unspecified atom stereocenters. The molecule has 0 spiro atoms. The van der Waals surface area contributed by atoms with Crippen molar-refractivity contribution in [2.24, 2.45) is 5.92 Å². The van der Waals surface area contributed by atoms with Gasteiger partial charge in [-0.3, -0.25) is 4.79 Å². The quantitative estimate of drug-likeness (QED) is 0.786. The van der Waals surface area contributed by atoms with Crippen LogP contribution >= 0.6 is 0 Å². The third-order valence-electron chi connectivity index (χ3n) is 4.46. The van der Waals surface area contributed by atoms with E-state index in [2.05, 4.69) is 5.32 Å². The van der Waals surface area contributed by atoms with Crippen LogP contribution in [0.1, 0.15) is 37.8 Å². The van der Waals surface area contributed by atoms with E-state index in [1.165, 1.54) is 19.3 Å². The summed E-state index contributed by atoms with van der Waals surface area (Å²) < 4.78 is 1.78. The van der Waals surface area contributed by atoms with Crippen molar-refractivity contribution in [3.63, 3.8) is 0 Å². The topological polar surface area (TPSA) is 54.3 Å². The smallest absolute Gasteiger partial charge is 0.317 e. The molecule has 1 N–H and O–H groups in total. The number of carbonyl (C=O) groups excluding carboxylic acids is 1. The first-order chi connectivity index (χ1) is 10.6. The van der Waals surface area contributed by atoms with Crippen LogP contribution < -0.4 is 10.9 Å². The highest BCUT2D eigenvalue weighted by Gasteiger charge is 2.20. The van der Waals surface area contributed by atoms with Crippen molar-refractivity contribution < 1.29 is 4.79 Å². The minimum Gasteiger partial charge on any atom is -0.338 e. The predicted molar refractivity (Wildman–Crippen MR) is 88.0 cm³/mol. The molecule has 0 saturated heterocycles. The number of nitrogens with one attached hydrogen (secondary N) is 1. The van der Waals surface area contributed by atoms with Gasteiger partial charge >= 0.3 is 6.03 Å². The molecular formula is C17H27N3O2. The van der Waals surface area contributed by atoms with Gasteiger partial charge in [-0.05, 0) is 44.6 Å². The molecule has 0 radical (unpaired) electrons. The van der Waals surface area contributed by atoms with Crippen LogP contribution in [0.2, 0.25) is 0 Å². The summed E-state index contributed by atoms with van der Waals surface area (Å²) in [6.07, 6.45) is 5.57. The largest absolute Gasteiger partial charge is 0.338 e. The summed E-state index contributed by atoms with van der Waals surface area (Å²) in [5, 5.41) is 2.95. The standard InChI is InChI=1S/C17H27N3O2/c1-14-7-5-10-16(21)20(14)12-4-3-11-18-17(22)19(2)13-15-8-6-9-15/h5,7,10,15H,3-4,6,8-9,11-13H2,1-2H3,(H,18,22). The first-order valence-corrected chi connectivity index (χ1v) is 8.23. The Balaban J connectivity index is 1.62. The second-order valence-corrected chi connectivity index (χ2v) is 6.27. The van der Waals surface area contributed by atoms with Gasteiger partial charge in [0, 0.05) is 38.4 Å². The van der Waals surface area contributed by atoms with Gasteiger partial charge < -0.3 is 14.8 Å². The van der Waals surface area contributed by atoms with Crippen molar-refractivity contribution in [1.29, 1.82) is 0 Å². The number of amides is 2. The molecule has 1 aromatic heterocycles. The highest BCUT2D eigenvalue weighted by atomic mass is 16.2. The van der Waals surface area contributed by atoms with E-state index in [0.29, 0.717) is 19.0 Å². The van der Waals surface area contributed by atoms with Crippen molar-refractivity contribution in [1.82, 2.24) is 14.8 Å². The van der Waals surface area contributed by atoms with E-state index in [4.69, 9.17) is 0 Å². The van der Waals surface area contributed by atoms with Crippen LogP contribution in [-0.2, 0) is 6.54 Å². The van der Waals surface area contributed by atoms with Crippen LogP contribution in [0.4, 0.5) is 4.79 Å². The summed E-state index contributed by atoms with van der Waals surface area (Å²) in [6.45, 7) is 4.18. The molecule has 1 aromatic rings. The van der Waals surface area contributed by atoms with E-state index in [1.54, 1.807) is 21.6 Å². The van der Waals surface area contributed by atoms with Crippen molar-refractivity contribution in [2.45, 2.75) is 45.6 Å². The van der Waals surface area contributed by atoms with Crippen molar-refractivity contribution in [3.05, 3.63) is 34.2 Å². The first kappa shape index (κ1) is 16.6. The van der Waals surface area contributed by atoms with E-state index in [1.807, 2.05) is 20.0 Å². The van der Waals surface area contributed by atoms with E-state index in [-0.39, 0.29) is 11.6 Å². The van der Waals surface area contributed by atoms with Crippen LogP contribution in [0.3, 0.4) is 0 Å². The Hall–Kier alpha value is -1.78. The van der Waals surface area contributed by atoms with E-state index in [0.717, 1.165) is 25.1 Å². The fraction of sp³-hybridized carbons (Fsp3) is 0.647. The van der Waals surface area contributed by atoms with E-state index in [9.17, 15) is 9.59 Å². The van der Waals surface area contributed by atoms with Gasteiger partial charge in [0.05, 0.1) is 0 Å². The second kappa shape index (κ2) is 8.01. The zero-order chi connectivity index (χ0) is 15.9. The molecule has 1 saturated carbocycles. The van der Waals surface area contributed by atoms with Crippen molar-refractivity contribution >= 4 is 6.03 Å². The summed E-state index contributed by atoms with van der Waals surface area (Å²) in [4.78, 5) is 25.4. The van der Waals surface area contributed by atoms with Crippen molar-refractivity contribution in [2.75, 3.05) is 20.1 Å². The fourth-order valence-electron chi connectivity index (χ4n) is 2.78. The van der Waals surface area contributed by atoms with E-state index < -0.39 is 0 Å². The lowest BCUT2D eigenvalue weighted by atomic mass is 9.85. The van der Waals surface area contributed by atoms with Crippen LogP contribution in [-0.4, -0.2) is 35.6 Å². The van der Waals surface area contributed by atoms with Gasteiger partial charge in [0.2, 0.25) is 0 Å². The Labute approximate surface area is 132 Å². The highest BCUT2D eigenvalue weighted by molar-refractivity contribution is 5.73. The highest BCUT2D eigenvalue weighted by Crippen LogP contribution is 2.26. The minimum atomic E-state index is 0.0139. The molecule has 0 atom stereocenters. The molecule has 122 valence electrons. The molecular weight excluding hydrogens is 278 g/mol. The van der Waals surface area contributed by atoms with Gasteiger partial charge in [-0.2, -0.15) is 0 Å². The average Bonchev–Trinajstić information content (AvgIpc) is 2.44.